The quantitative estimate of drug-likeness (QED) is 0.161. The van der Waals surface area contributed by atoms with Gasteiger partial charge in [0.25, 0.3) is 0 Å². The van der Waals surface area contributed by atoms with Crippen LogP contribution in [0.3, 0.4) is 0 Å². The standard InChI is InChI=1S/C36H34NO6P/c1-24(44(25-14-8-5-9-15-25,26-16-10-6-11-17-26)27-18-12-7-13-19-27)33-29-20-22-30-28(21-23-31(38)41-30)32(29)37(34(39)42-33)35(40)43-36(2,3)4/h5-24,33,44H,1-4H3. The second-order valence-electron chi connectivity index (χ2n) is 12.0. The molecule has 0 spiro atoms. The molecule has 2 heterocycles. The summed E-state index contributed by atoms with van der Waals surface area (Å²) in [4.78, 5) is 40.6. The fraction of sp³-hybridized carbons (Fsp3) is 0.194. The number of carbonyl (C=O) groups excluding carboxylic acids is 2. The summed E-state index contributed by atoms with van der Waals surface area (Å²) in [7, 11) is -2.96. The maximum atomic E-state index is 14.0. The van der Waals surface area contributed by atoms with E-state index in [9.17, 15) is 14.4 Å². The molecule has 8 heteroatoms. The van der Waals surface area contributed by atoms with Crippen molar-refractivity contribution in [3.8, 4) is 0 Å². The number of nitrogens with zero attached hydrogens (tertiary/aromatic N) is 1. The number of hydrogen-bond donors (Lipinski definition) is 0. The van der Waals surface area contributed by atoms with Crippen molar-refractivity contribution in [2.75, 3.05) is 4.90 Å². The molecule has 4 aromatic carbocycles. The molecule has 1 aliphatic rings. The third-order valence-corrected chi connectivity index (χ3v) is 13.5. The Hall–Kier alpha value is -4.74. The minimum atomic E-state index is -2.96. The summed E-state index contributed by atoms with van der Waals surface area (Å²) in [6, 6.07) is 37.5. The number of benzene rings is 4. The van der Waals surface area contributed by atoms with E-state index in [0.29, 0.717) is 16.6 Å². The van der Waals surface area contributed by atoms with Crippen molar-refractivity contribution in [2.24, 2.45) is 0 Å². The molecule has 7 nitrogen and oxygen atoms in total. The normalized spacial score (nSPS) is 16.1. The van der Waals surface area contributed by atoms with Gasteiger partial charge in [-0.05, 0) is 0 Å². The minimum absolute atomic E-state index is 0.253. The summed E-state index contributed by atoms with van der Waals surface area (Å²) in [6.07, 6.45) is -2.47. The van der Waals surface area contributed by atoms with Crippen LogP contribution in [0.2, 0.25) is 0 Å². The van der Waals surface area contributed by atoms with Crippen LogP contribution >= 0.6 is 7.26 Å². The first-order chi connectivity index (χ1) is 21.1. The number of hydrogen-bond acceptors (Lipinski definition) is 6. The molecule has 44 heavy (non-hydrogen) atoms. The fourth-order valence-corrected chi connectivity index (χ4v) is 11.8. The molecule has 0 radical (unpaired) electrons. The maximum absolute atomic E-state index is 14.0. The third kappa shape index (κ3) is 5.07. The SMILES string of the molecule is CC(C1OC(=O)N(C(=O)OC(C)(C)C)c2c1ccc1oc(=O)ccc21)[PH](c1ccccc1)(c1ccccc1)c1ccccc1. The Morgan fingerprint density at radius 1 is 0.773 bits per heavy atom. The molecule has 0 aliphatic carbocycles. The Morgan fingerprint density at radius 3 is 1.80 bits per heavy atom. The van der Waals surface area contributed by atoms with Crippen molar-refractivity contribution in [3.63, 3.8) is 0 Å². The Balaban J connectivity index is 1.63. The van der Waals surface area contributed by atoms with Crippen molar-refractivity contribution in [2.45, 2.75) is 45.1 Å². The van der Waals surface area contributed by atoms with Gasteiger partial charge in [-0.1, -0.05) is 0 Å². The number of fused-ring (bicyclic) bond motifs is 3. The number of amides is 2. The van der Waals surface area contributed by atoms with Crippen LogP contribution in [0, 0.1) is 0 Å². The number of imide groups is 1. The number of ether oxygens (including phenoxy) is 2. The van der Waals surface area contributed by atoms with Gasteiger partial charge >= 0.3 is 257 Å². The predicted molar refractivity (Wildman–Crippen MR) is 176 cm³/mol. The molecule has 2 unspecified atom stereocenters. The monoisotopic (exact) mass is 607 g/mol. The van der Waals surface area contributed by atoms with E-state index in [1.807, 2.05) is 54.6 Å². The molecule has 0 N–H and O–H groups in total. The van der Waals surface area contributed by atoms with Gasteiger partial charge in [-0.2, -0.15) is 0 Å². The summed E-state index contributed by atoms with van der Waals surface area (Å²) in [5.41, 5.74) is -0.479. The molecule has 0 saturated carbocycles. The Labute approximate surface area is 256 Å². The van der Waals surface area contributed by atoms with Gasteiger partial charge in [0.1, 0.15) is 0 Å². The molecule has 0 fully saturated rings. The van der Waals surface area contributed by atoms with Gasteiger partial charge in [-0.3, -0.25) is 0 Å². The number of rotatable bonds is 5. The fourth-order valence-electron chi connectivity index (χ4n) is 6.41. The Kier molecular flexibility index (Phi) is 7.60. The molecule has 1 aromatic heterocycles. The average molecular weight is 608 g/mol. The first-order valence-corrected chi connectivity index (χ1v) is 16.7. The first kappa shape index (κ1) is 29.3. The summed E-state index contributed by atoms with van der Waals surface area (Å²) in [5.74, 6) is 0. The van der Waals surface area contributed by atoms with E-state index in [4.69, 9.17) is 13.9 Å². The number of carbonyl (C=O) groups is 2. The van der Waals surface area contributed by atoms with E-state index in [0.717, 1.165) is 20.8 Å². The predicted octanol–water partition coefficient (Wildman–Crippen LogP) is 6.84. The summed E-state index contributed by atoms with van der Waals surface area (Å²) in [6.45, 7) is 7.31. The van der Waals surface area contributed by atoms with Crippen LogP contribution in [0.25, 0.3) is 11.0 Å². The molecule has 2 amide bonds. The summed E-state index contributed by atoms with van der Waals surface area (Å²) in [5, 5.41) is 3.91. The summed E-state index contributed by atoms with van der Waals surface area (Å²) < 4.78 is 17.4. The van der Waals surface area contributed by atoms with Gasteiger partial charge < -0.3 is 0 Å². The van der Waals surface area contributed by atoms with Crippen LogP contribution in [0.1, 0.15) is 39.4 Å². The van der Waals surface area contributed by atoms with Gasteiger partial charge in [-0.15, -0.1) is 0 Å². The molecule has 6 rings (SSSR count). The zero-order valence-corrected chi connectivity index (χ0v) is 26.0. The van der Waals surface area contributed by atoms with Crippen molar-refractivity contribution in [1.29, 1.82) is 0 Å². The van der Waals surface area contributed by atoms with Gasteiger partial charge in [0.15, 0.2) is 0 Å². The van der Waals surface area contributed by atoms with Gasteiger partial charge in [0, 0.05) is 0 Å². The van der Waals surface area contributed by atoms with Crippen LogP contribution in [0.4, 0.5) is 15.3 Å². The van der Waals surface area contributed by atoms with Gasteiger partial charge in [0.05, 0.1) is 0 Å². The average Bonchev–Trinajstić information content (AvgIpc) is 3.01. The van der Waals surface area contributed by atoms with Crippen molar-refractivity contribution < 1.29 is 23.5 Å². The molecule has 224 valence electrons. The molecule has 0 saturated heterocycles. The van der Waals surface area contributed by atoms with E-state index in [1.54, 1.807) is 39.0 Å². The number of anilines is 1. The Morgan fingerprint density at radius 2 is 1.30 bits per heavy atom. The van der Waals surface area contributed by atoms with Gasteiger partial charge in [0.2, 0.25) is 0 Å². The molecular weight excluding hydrogens is 573 g/mol. The van der Waals surface area contributed by atoms with Crippen LogP contribution in [-0.2, 0) is 9.47 Å². The van der Waals surface area contributed by atoms with E-state index in [-0.39, 0.29) is 11.2 Å². The van der Waals surface area contributed by atoms with E-state index >= 15 is 0 Å². The van der Waals surface area contributed by atoms with E-state index in [1.165, 1.54) is 6.07 Å². The topological polar surface area (TPSA) is 86.1 Å². The zero-order chi connectivity index (χ0) is 31.1. The van der Waals surface area contributed by atoms with Crippen LogP contribution in [-0.4, -0.2) is 23.4 Å². The van der Waals surface area contributed by atoms with Crippen molar-refractivity contribution >= 4 is 52.0 Å². The van der Waals surface area contributed by atoms with Gasteiger partial charge in [-0.25, -0.2) is 0 Å². The number of cyclic esters (lactones) is 1. The first-order valence-electron chi connectivity index (χ1n) is 14.6. The molecular formula is C36H34NO6P. The zero-order valence-electron chi connectivity index (χ0n) is 25.0. The molecule has 2 atom stereocenters. The molecule has 0 bridgehead atoms. The Bertz CT molecular complexity index is 1790. The second kappa shape index (κ2) is 11.4. The van der Waals surface area contributed by atoms with Crippen molar-refractivity contribution in [3.05, 3.63) is 131 Å². The van der Waals surface area contributed by atoms with Crippen molar-refractivity contribution in [1.82, 2.24) is 0 Å². The third-order valence-electron chi connectivity index (χ3n) is 8.15. The second-order valence-corrected chi connectivity index (χ2v) is 16.2. The molecule has 1 aliphatic heterocycles. The van der Waals surface area contributed by atoms with E-state index < -0.39 is 36.8 Å². The molecule has 5 aromatic rings. The van der Waals surface area contributed by atoms with Crippen LogP contribution < -0.4 is 26.4 Å². The summed E-state index contributed by atoms with van der Waals surface area (Å²) >= 11 is 0. The van der Waals surface area contributed by atoms with Crippen LogP contribution in [0.5, 0.6) is 0 Å². The van der Waals surface area contributed by atoms with Crippen LogP contribution in [0.15, 0.2) is 124 Å². The van der Waals surface area contributed by atoms with E-state index in [2.05, 4.69) is 43.3 Å².